The van der Waals surface area contributed by atoms with Gasteiger partial charge in [0.1, 0.15) is 17.5 Å². The van der Waals surface area contributed by atoms with Crippen LogP contribution in [0.25, 0.3) is 21.6 Å². The molecular weight excluding hydrogens is 444 g/mol. The van der Waals surface area contributed by atoms with Crippen molar-refractivity contribution in [2.24, 2.45) is 5.92 Å². The fourth-order valence-corrected chi connectivity index (χ4v) is 4.50. The average molecular weight is 469 g/mol. The number of nitrogens with zero attached hydrogens (tertiary/aromatic N) is 5. The first-order chi connectivity index (χ1) is 15.9. The summed E-state index contributed by atoms with van der Waals surface area (Å²) in [5.74, 6) is 1.44. The summed E-state index contributed by atoms with van der Waals surface area (Å²) in [6.45, 7) is 6.06. The minimum atomic E-state index is -0.470. The number of pyridine rings is 1. The molecule has 11 heteroatoms. The van der Waals surface area contributed by atoms with Gasteiger partial charge < -0.3 is 19.3 Å². The summed E-state index contributed by atoms with van der Waals surface area (Å²) >= 11 is 1.28. The van der Waals surface area contributed by atoms with E-state index < -0.39 is 6.04 Å². The minimum absolute atomic E-state index is 0.0111. The highest BCUT2D eigenvalue weighted by atomic mass is 32.1. The van der Waals surface area contributed by atoms with Crippen molar-refractivity contribution in [3.8, 4) is 17.3 Å². The van der Waals surface area contributed by atoms with Crippen LogP contribution >= 0.6 is 11.3 Å². The first kappa shape index (κ1) is 22.7. The minimum Gasteiger partial charge on any atom is -0.480 e. The number of nitrogens with one attached hydrogen (secondary N) is 1. The lowest BCUT2D eigenvalue weighted by Crippen LogP contribution is -2.31. The van der Waals surface area contributed by atoms with E-state index in [-0.39, 0.29) is 18.4 Å². The summed E-state index contributed by atoms with van der Waals surface area (Å²) in [6.07, 6.45) is 3.32. The molecule has 0 aliphatic heterocycles. The van der Waals surface area contributed by atoms with Crippen molar-refractivity contribution < 1.29 is 18.8 Å². The van der Waals surface area contributed by atoms with E-state index in [1.807, 2.05) is 20.8 Å². The molecule has 4 heterocycles. The number of ether oxygens (including phenoxy) is 2. The topological polar surface area (TPSA) is 125 Å². The van der Waals surface area contributed by atoms with E-state index in [1.54, 1.807) is 38.7 Å². The standard InChI is InChI=1S/C22H24N6O4S/c1-11(2)16(21-27-18(28-32-21)13-6-8-23-9-7-13)26-19(29)17-12(3)15-20(31-5)24-14(10-30-4)25-22(15)33-17/h6-9,11,16H,10H2,1-5H3,(H,26,29). The lowest BCUT2D eigenvalue weighted by Gasteiger charge is -2.18. The third kappa shape index (κ3) is 4.55. The van der Waals surface area contributed by atoms with Crippen LogP contribution in [-0.2, 0) is 11.3 Å². The van der Waals surface area contributed by atoms with Gasteiger partial charge in [-0.15, -0.1) is 11.3 Å². The number of amides is 1. The molecule has 0 spiro atoms. The van der Waals surface area contributed by atoms with Crippen LogP contribution in [0.4, 0.5) is 0 Å². The molecule has 4 aromatic rings. The van der Waals surface area contributed by atoms with E-state index in [1.165, 1.54) is 11.3 Å². The molecule has 33 heavy (non-hydrogen) atoms. The molecule has 0 radical (unpaired) electrons. The van der Waals surface area contributed by atoms with Crippen molar-refractivity contribution in [2.75, 3.05) is 14.2 Å². The van der Waals surface area contributed by atoms with Gasteiger partial charge in [0.25, 0.3) is 5.91 Å². The molecule has 10 nitrogen and oxygen atoms in total. The third-order valence-corrected chi connectivity index (χ3v) is 6.26. The van der Waals surface area contributed by atoms with Gasteiger partial charge in [0, 0.05) is 25.1 Å². The SMILES string of the molecule is COCc1nc(OC)c2c(C)c(C(=O)NC(c3nc(-c4ccncc4)no3)C(C)C)sc2n1. The zero-order valence-corrected chi connectivity index (χ0v) is 19.8. The maximum absolute atomic E-state index is 13.3. The van der Waals surface area contributed by atoms with Crippen molar-refractivity contribution in [3.63, 3.8) is 0 Å². The Morgan fingerprint density at radius 3 is 2.61 bits per heavy atom. The van der Waals surface area contributed by atoms with E-state index in [0.717, 1.165) is 11.1 Å². The van der Waals surface area contributed by atoms with Gasteiger partial charge in [-0.1, -0.05) is 19.0 Å². The summed E-state index contributed by atoms with van der Waals surface area (Å²) < 4.78 is 16.1. The number of aryl methyl sites for hydroxylation is 1. The molecule has 4 rings (SSSR count). The van der Waals surface area contributed by atoms with E-state index in [4.69, 9.17) is 14.0 Å². The first-order valence-electron chi connectivity index (χ1n) is 10.3. The van der Waals surface area contributed by atoms with Crippen LogP contribution in [0.2, 0.25) is 0 Å². The van der Waals surface area contributed by atoms with Crippen molar-refractivity contribution in [2.45, 2.75) is 33.4 Å². The van der Waals surface area contributed by atoms with Crippen LogP contribution in [0.15, 0.2) is 29.0 Å². The molecular formula is C22H24N6O4S. The zero-order chi connectivity index (χ0) is 23.5. The number of aromatic nitrogens is 5. The number of thiophene rings is 1. The highest BCUT2D eigenvalue weighted by Gasteiger charge is 2.28. The Balaban J connectivity index is 1.64. The van der Waals surface area contributed by atoms with Gasteiger partial charge in [0.05, 0.1) is 17.4 Å². The van der Waals surface area contributed by atoms with E-state index in [2.05, 4.69) is 30.4 Å². The number of hydrogen-bond donors (Lipinski definition) is 1. The molecule has 1 unspecified atom stereocenters. The van der Waals surface area contributed by atoms with Gasteiger partial charge in [0.2, 0.25) is 17.6 Å². The van der Waals surface area contributed by atoms with Crippen LogP contribution in [-0.4, -0.2) is 45.2 Å². The van der Waals surface area contributed by atoms with Crippen molar-refractivity contribution in [1.29, 1.82) is 0 Å². The molecule has 0 aromatic carbocycles. The van der Waals surface area contributed by atoms with Crippen LogP contribution < -0.4 is 10.1 Å². The van der Waals surface area contributed by atoms with Gasteiger partial charge in [-0.05, 0) is 30.5 Å². The van der Waals surface area contributed by atoms with Gasteiger partial charge >= 0.3 is 0 Å². The largest absolute Gasteiger partial charge is 0.480 e. The molecule has 0 fully saturated rings. The predicted octanol–water partition coefficient (Wildman–Crippen LogP) is 3.73. The van der Waals surface area contributed by atoms with E-state index in [9.17, 15) is 4.79 Å². The summed E-state index contributed by atoms with van der Waals surface area (Å²) in [5.41, 5.74) is 1.53. The van der Waals surface area contributed by atoms with Crippen LogP contribution in [0, 0.1) is 12.8 Å². The maximum Gasteiger partial charge on any atom is 0.262 e. The van der Waals surface area contributed by atoms with Crippen LogP contribution in [0.5, 0.6) is 5.88 Å². The van der Waals surface area contributed by atoms with Gasteiger partial charge in [-0.3, -0.25) is 9.78 Å². The van der Waals surface area contributed by atoms with Gasteiger partial charge in [0.15, 0.2) is 5.82 Å². The summed E-state index contributed by atoms with van der Waals surface area (Å²) in [5, 5.41) is 7.82. The quantitative estimate of drug-likeness (QED) is 0.412. The Morgan fingerprint density at radius 2 is 1.94 bits per heavy atom. The smallest absolute Gasteiger partial charge is 0.262 e. The lowest BCUT2D eigenvalue weighted by atomic mass is 10.0. The van der Waals surface area contributed by atoms with Crippen LogP contribution in [0.1, 0.15) is 46.8 Å². The van der Waals surface area contributed by atoms with Crippen molar-refractivity contribution in [3.05, 3.63) is 46.7 Å². The molecule has 1 atom stereocenters. The zero-order valence-electron chi connectivity index (χ0n) is 18.9. The van der Waals surface area contributed by atoms with Gasteiger partial charge in [-0.25, -0.2) is 4.98 Å². The van der Waals surface area contributed by atoms with E-state index >= 15 is 0 Å². The molecule has 4 aromatic heterocycles. The predicted molar refractivity (Wildman–Crippen MR) is 122 cm³/mol. The number of carbonyl (C=O) groups excluding carboxylic acids is 1. The highest BCUT2D eigenvalue weighted by Crippen LogP contribution is 2.35. The second-order valence-corrected chi connectivity index (χ2v) is 8.70. The molecule has 0 aliphatic carbocycles. The monoisotopic (exact) mass is 468 g/mol. The number of methoxy groups -OCH3 is 2. The normalized spacial score (nSPS) is 12.3. The fourth-order valence-electron chi connectivity index (χ4n) is 3.40. The first-order valence-corrected chi connectivity index (χ1v) is 11.1. The van der Waals surface area contributed by atoms with E-state index in [0.29, 0.717) is 38.5 Å². The maximum atomic E-state index is 13.3. The van der Waals surface area contributed by atoms with Gasteiger partial charge in [-0.2, -0.15) is 9.97 Å². The third-order valence-electron chi connectivity index (χ3n) is 5.08. The summed E-state index contributed by atoms with van der Waals surface area (Å²) in [4.78, 5) is 31.9. The molecule has 0 saturated heterocycles. The van der Waals surface area contributed by atoms with Crippen LogP contribution in [0.3, 0.4) is 0 Å². The number of rotatable bonds is 8. The second kappa shape index (κ2) is 9.59. The highest BCUT2D eigenvalue weighted by molar-refractivity contribution is 7.20. The Hall–Kier alpha value is -3.44. The summed E-state index contributed by atoms with van der Waals surface area (Å²) in [6, 6.07) is 3.12. The molecule has 0 bridgehead atoms. The Labute approximate surface area is 194 Å². The number of fused-ring (bicyclic) bond motifs is 1. The Bertz CT molecular complexity index is 1270. The lowest BCUT2D eigenvalue weighted by molar-refractivity contribution is 0.0917. The molecule has 1 amide bonds. The number of carbonyl (C=O) groups is 1. The Morgan fingerprint density at radius 1 is 1.18 bits per heavy atom. The average Bonchev–Trinajstić information content (AvgIpc) is 3.42. The molecule has 0 aliphatic rings. The van der Waals surface area contributed by atoms with Crippen molar-refractivity contribution >= 4 is 27.5 Å². The molecule has 1 N–H and O–H groups in total. The molecule has 172 valence electrons. The second-order valence-electron chi connectivity index (χ2n) is 7.71. The Kier molecular flexibility index (Phi) is 6.61. The number of hydrogen-bond acceptors (Lipinski definition) is 10. The fraction of sp³-hybridized carbons (Fsp3) is 0.364. The molecule has 0 saturated carbocycles. The van der Waals surface area contributed by atoms with Crippen molar-refractivity contribution in [1.82, 2.24) is 30.4 Å². The summed E-state index contributed by atoms with van der Waals surface area (Å²) in [7, 11) is 3.11.